The zero-order valence-electron chi connectivity index (χ0n) is 15.4. The Balaban J connectivity index is 1.51. The van der Waals surface area contributed by atoms with E-state index < -0.39 is 0 Å². The number of ether oxygens (including phenoxy) is 1. The fourth-order valence-corrected chi connectivity index (χ4v) is 3.57. The fourth-order valence-electron chi connectivity index (χ4n) is 3.57. The molecule has 0 radical (unpaired) electrons. The minimum absolute atomic E-state index is 0.0204. The molecule has 1 aromatic rings. The molecule has 0 aromatic carbocycles. The molecule has 7 nitrogen and oxygen atoms in total. The van der Waals surface area contributed by atoms with Crippen molar-refractivity contribution in [3.8, 4) is 0 Å². The normalized spacial score (nSPS) is 24.8. The number of aromatic nitrogens is 1. The first-order chi connectivity index (χ1) is 12.1. The summed E-state index contributed by atoms with van der Waals surface area (Å²) < 4.78 is 5.58. The van der Waals surface area contributed by atoms with Crippen LogP contribution in [0, 0.1) is 0 Å². The van der Waals surface area contributed by atoms with Gasteiger partial charge in [0.05, 0.1) is 12.1 Å². The maximum Gasteiger partial charge on any atom is 0.317 e. The summed E-state index contributed by atoms with van der Waals surface area (Å²) in [5, 5.41) is 3.18. The lowest BCUT2D eigenvalue weighted by Gasteiger charge is -2.36. The van der Waals surface area contributed by atoms with Crippen molar-refractivity contribution in [1.29, 1.82) is 0 Å². The Morgan fingerprint density at radius 1 is 1.20 bits per heavy atom. The number of nitrogens with zero attached hydrogens (tertiary/aromatic N) is 4. The lowest BCUT2D eigenvalue weighted by Crippen LogP contribution is -2.55. The van der Waals surface area contributed by atoms with Crippen molar-refractivity contribution >= 4 is 11.7 Å². The fraction of sp³-hybridized carbons (Fsp3) is 0.667. The van der Waals surface area contributed by atoms with Crippen molar-refractivity contribution in [3.05, 3.63) is 24.5 Å². The van der Waals surface area contributed by atoms with Crippen molar-refractivity contribution < 1.29 is 9.53 Å². The number of anilines is 1. The largest absolute Gasteiger partial charge is 0.378 e. The van der Waals surface area contributed by atoms with E-state index in [9.17, 15) is 4.79 Å². The van der Waals surface area contributed by atoms with Crippen molar-refractivity contribution in [2.45, 2.75) is 32.0 Å². The Labute approximate surface area is 149 Å². The molecule has 0 saturated carbocycles. The minimum Gasteiger partial charge on any atom is -0.378 e. The van der Waals surface area contributed by atoms with Crippen LogP contribution < -0.4 is 10.2 Å². The Kier molecular flexibility index (Phi) is 5.75. The standard InChI is InChI=1S/C18H29N5O2/c1-14(2)23-12-16(17(13-23)25-3)20-18(24)22-10-8-21(9-11-22)15-4-6-19-7-5-15/h4-7,14,16-17H,8-13H2,1-3H3,(H,20,24)/t16-,17-/m0/s1. The lowest BCUT2D eigenvalue weighted by molar-refractivity contribution is 0.0868. The molecule has 3 rings (SSSR count). The van der Waals surface area contributed by atoms with Gasteiger partial charge in [0.25, 0.3) is 0 Å². The zero-order chi connectivity index (χ0) is 17.8. The molecule has 2 aliphatic rings. The Bertz CT molecular complexity index is 560. The second-order valence-corrected chi connectivity index (χ2v) is 7.06. The van der Waals surface area contributed by atoms with Gasteiger partial charge in [0, 0.05) is 70.5 Å². The maximum atomic E-state index is 12.6. The van der Waals surface area contributed by atoms with Crippen LogP contribution >= 0.6 is 0 Å². The van der Waals surface area contributed by atoms with Crippen molar-refractivity contribution in [2.75, 3.05) is 51.3 Å². The molecule has 138 valence electrons. The first-order valence-electron chi connectivity index (χ1n) is 9.05. The molecule has 3 heterocycles. The maximum absolute atomic E-state index is 12.6. The second-order valence-electron chi connectivity index (χ2n) is 7.06. The first-order valence-corrected chi connectivity index (χ1v) is 9.05. The summed E-state index contributed by atoms with van der Waals surface area (Å²) in [6, 6.07) is 4.56. The highest BCUT2D eigenvalue weighted by molar-refractivity contribution is 5.75. The summed E-state index contributed by atoms with van der Waals surface area (Å²) >= 11 is 0. The van der Waals surface area contributed by atoms with Crippen LogP contribution in [0.4, 0.5) is 10.5 Å². The summed E-state index contributed by atoms with van der Waals surface area (Å²) in [5.41, 5.74) is 1.16. The van der Waals surface area contributed by atoms with E-state index in [4.69, 9.17) is 4.74 Å². The van der Waals surface area contributed by atoms with Gasteiger partial charge in [0.15, 0.2) is 0 Å². The average Bonchev–Trinajstić information content (AvgIpc) is 3.06. The number of urea groups is 1. The summed E-state index contributed by atoms with van der Waals surface area (Å²) in [5.74, 6) is 0. The van der Waals surface area contributed by atoms with Crippen LogP contribution in [0.1, 0.15) is 13.8 Å². The van der Waals surface area contributed by atoms with Crippen LogP contribution in [-0.2, 0) is 4.74 Å². The van der Waals surface area contributed by atoms with Gasteiger partial charge >= 0.3 is 6.03 Å². The number of piperazine rings is 1. The number of rotatable bonds is 4. The smallest absolute Gasteiger partial charge is 0.317 e. The SMILES string of the molecule is CO[C@H]1CN(C(C)C)C[C@@H]1NC(=O)N1CCN(c2ccncc2)CC1. The van der Waals surface area contributed by atoms with Gasteiger partial charge in [-0.05, 0) is 26.0 Å². The van der Waals surface area contributed by atoms with Crippen LogP contribution in [-0.4, -0.2) is 85.4 Å². The third kappa shape index (κ3) is 4.22. The molecule has 2 saturated heterocycles. The van der Waals surface area contributed by atoms with Crippen LogP contribution in [0.2, 0.25) is 0 Å². The number of carbonyl (C=O) groups is 1. The van der Waals surface area contributed by atoms with Crippen molar-refractivity contribution in [1.82, 2.24) is 20.1 Å². The van der Waals surface area contributed by atoms with Crippen LogP contribution in [0.15, 0.2) is 24.5 Å². The third-order valence-corrected chi connectivity index (χ3v) is 5.23. The Morgan fingerprint density at radius 3 is 2.48 bits per heavy atom. The van der Waals surface area contributed by atoms with E-state index in [1.807, 2.05) is 17.0 Å². The zero-order valence-corrected chi connectivity index (χ0v) is 15.4. The van der Waals surface area contributed by atoms with E-state index in [0.29, 0.717) is 6.04 Å². The van der Waals surface area contributed by atoms with Crippen LogP contribution in [0.5, 0.6) is 0 Å². The number of carbonyl (C=O) groups excluding carboxylic acids is 1. The summed E-state index contributed by atoms with van der Waals surface area (Å²) in [7, 11) is 1.72. The van der Waals surface area contributed by atoms with E-state index in [-0.39, 0.29) is 18.2 Å². The molecule has 0 aliphatic carbocycles. The summed E-state index contributed by atoms with van der Waals surface area (Å²) in [6.07, 6.45) is 3.67. The molecule has 1 N–H and O–H groups in total. The van der Waals surface area contributed by atoms with E-state index in [1.165, 1.54) is 0 Å². The number of hydrogen-bond donors (Lipinski definition) is 1. The topological polar surface area (TPSA) is 60.9 Å². The molecular weight excluding hydrogens is 318 g/mol. The Hall–Kier alpha value is -1.86. The van der Waals surface area contributed by atoms with E-state index in [0.717, 1.165) is 45.0 Å². The molecule has 0 bridgehead atoms. The highest BCUT2D eigenvalue weighted by Crippen LogP contribution is 2.17. The quantitative estimate of drug-likeness (QED) is 0.881. The Morgan fingerprint density at radius 2 is 1.88 bits per heavy atom. The van der Waals surface area contributed by atoms with Crippen molar-refractivity contribution in [3.63, 3.8) is 0 Å². The van der Waals surface area contributed by atoms with Crippen LogP contribution in [0.25, 0.3) is 0 Å². The highest BCUT2D eigenvalue weighted by atomic mass is 16.5. The third-order valence-electron chi connectivity index (χ3n) is 5.23. The van der Waals surface area contributed by atoms with Gasteiger partial charge < -0.3 is 19.9 Å². The average molecular weight is 347 g/mol. The number of nitrogens with one attached hydrogen (secondary N) is 1. The highest BCUT2D eigenvalue weighted by Gasteiger charge is 2.36. The van der Waals surface area contributed by atoms with Crippen LogP contribution in [0.3, 0.4) is 0 Å². The molecule has 0 spiro atoms. The molecule has 2 amide bonds. The molecule has 7 heteroatoms. The molecule has 2 aliphatic heterocycles. The van der Waals surface area contributed by atoms with Crippen molar-refractivity contribution in [2.24, 2.45) is 0 Å². The van der Waals surface area contributed by atoms with E-state index in [1.54, 1.807) is 19.5 Å². The minimum atomic E-state index is 0.0204. The first kappa shape index (κ1) is 17.9. The number of hydrogen-bond acceptors (Lipinski definition) is 5. The molecule has 2 fully saturated rings. The molecule has 1 aromatic heterocycles. The van der Waals surface area contributed by atoms with Gasteiger partial charge in [0.1, 0.15) is 0 Å². The molecule has 2 atom stereocenters. The van der Waals surface area contributed by atoms with E-state index in [2.05, 4.69) is 33.9 Å². The van der Waals surface area contributed by atoms with Gasteiger partial charge in [-0.25, -0.2) is 4.79 Å². The second kappa shape index (κ2) is 8.01. The number of methoxy groups -OCH3 is 1. The van der Waals surface area contributed by atoms with Gasteiger partial charge in [-0.15, -0.1) is 0 Å². The number of amides is 2. The van der Waals surface area contributed by atoms with Gasteiger partial charge in [0.2, 0.25) is 0 Å². The molecule has 0 unspecified atom stereocenters. The molecule has 25 heavy (non-hydrogen) atoms. The van der Waals surface area contributed by atoms with E-state index >= 15 is 0 Å². The number of likely N-dealkylation sites (tertiary alicyclic amines) is 1. The summed E-state index contributed by atoms with van der Waals surface area (Å²) in [4.78, 5) is 23.2. The monoisotopic (exact) mass is 347 g/mol. The number of pyridine rings is 1. The lowest BCUT2D eigenvalue weighted by atomic mass is 10.2. The van der Waals surface area contributed by atoms with Gasteiger partial charge in [-0.2, -0.15) is 0 Å². The van der Waals surface area contributed by atoms with Gasteiger partial charge in [-0.1, -0.05) is 0 Å². The molecular formula is C18H29N5O2. The predicted molar refractivity (Wildman–Crippen MR) is 97.8 cm³/mol. The van der Waals surface area contributed by atoms with Gasteiger partial charge in [-0.3, -0.25) is 9.88 Å². The predicted octanol–water partition coefficient (Wildman–Crippen LogP) is 1.02. The summed E-state index contributed by atoms with van der Waals surface area (Å²) in [6.45, 7) is 9.21.